The fraction of sp³-hybridized carbons (Fsp3) is 0.0625. The monoisotopic (exact) mass is 354 g/mol. The summed E-state index contributed by atoms with van der Waals surface area (Å²) in [6, 6.07) is 9.09. The van der Waals surface area contributed by atoms with Gasteiger partial charge in [-0.1, -0.05) is 12.1 Å². The van der Waals surface area contributed by atoms with Crippen molar-refractivity contribution in [1.29, 1.82) is 0 Å². The molecular formula is C16H14N6O2S. The topological polar surface area (TPSA) is 105 Å². The van der Waals surface area contributed by atoms with Gasteiger partial charge in [0, 0.05) is 6.20 Å². The van der Waals surface area contributed by atoms with Crippen LogP contribution in [0, 0.1) is 0 Å². The van der Waals surface area contributed by atoms with Crippen molar-refractivity contribution in [2.45, 2.75) is 0 Å². The van der Waals surface area contributed by atoms with Gasteiger partial charge in [-0.2, -0.15) is 4.98 Å². The van der Waals surface area contributed by atoms with Crippen molar-refractivity contribution < 1.29 is 9.53 Å². The molecule has 0 saturated heterocycles. The molecule has 1 amide bonds. The molecule has 2 N–H and O–H groups in total. The Labute approximate surface area is 147 Å². The van der Waals surface area contributed by atoms with Gasteiger partial charge in [-0.25, -0.2) is 0 Å². The quantitative estimate of drug-likeness (QED) is 0.402. The summed E-state index contributed by atoms with van der Waals surface area (Å²) < 4.78 is 5.32. The number of ether oxygens (including phenoxy) is 1. The van der Waals surface area contributed by atoms with Crippen LogP contribution >= 0.6 is 11.3 Å². The summed E-state index contributed by atoms with van der Waals surface area (Å²) in [5, 5.41) is 11.1. The molecule has 3 aromatic rings. The molecule has 9 heteroatoms. The predicted octanol–water partition coefficient (Wildman–Crippen LogP) is 2.58. The van der Waals surface area contributed by atoms with E-state index in [1.807, 2.05) is 23.6 Å². The largest absolute Gasteiger partial charge is 0.493 e. The minimum Gasteiger partial charge on any atom is -0.493 e. The molecule has 0 aliphatic carbocycles. The van der Waals surface area contributed by atoms with Crippen LogP contribution in [0.15, 0.2) is 52.6 Å². The molecular weight excluding hydrogens is 340 g/mol. The van der Waals surface area contributed by atoms with Crippen LogP contribution in [0.4, 0.5) is 5.95 Å². The smallest absolute Gasteiger partial charge is 0.280 e. The zero-order chi connectivity index (χ0) is 17.6. The van der Waals surface area contributed by atoms with E-state index in [0.29, 0.717) is 17.3 Å². The number of amides is 1. The maximum atomic E-state index is 12.5. The van der Waals surface area contributed by atoms with E-state index in [1.54, 1.807) is 18.3 Å². The highest BCUT2D eigenvalue weighted by Gasteiger charge is 2.19. The average molecular weight is 354 g/mol. The number of carbonyl (C=O) groups is 1. The van der Waals surface area contributed by atoms with Gasteiger partial charge in [-0.05, 0) is 30.3 Å². The highest BCUT2D eigenvalue weighted by molar-refractivity contribution is 7.11. The van der Waals surface area contributed by atoms with Gasteiger partial charge in [0.25, 0.3) is 5.91 Å². The number of aliphatic imine (C=N–C) groups is 1. The Balaban J connectivity index is 1.84. The van der Waals surface area contributed by atoms with E-state index in [9.17, 15) is 4.79 Å². The molecule has 3 rings (SSSR count). The van der Waals surface area contributed by atoms with E-state index in [2.05, 4.69) is 37.2 Å². The number of nitrogens with zero attached hydrogens (tertiary/aromatic N) is 4. The van der Waals surface area contributed by atoms with Crippen molar-refractivity contribution in [2.75, 3.05) is 12.4 Å². The second-order valence-corrected chi connectivity index (χ2v) is 5.64. The predicted molar refractivity (Wildman–Crippen MR) is 96.0 cm³/mol. The normalized spacial score (nSPS) is 11.6. The molecule has 0 aromatic carbocycles. The van der Waals surface area contributed by atoms with Crippen LogP contribution in [-0.4, -0.2) is 39.9 Å². The second kappa shape index (κ2) is 7.49. The number of rotatable bonds is 6. The Hall–Kier alpha value is -3.33. The summed E-state index contributed by atoms with van der Waals surface area (Å²) in [6.45, 7) is 3.45. The number of carbonyl (C=O) groups excluding carboxylic acids is 1. The van der Waals surface area contributed by atoms with Crippen LogP contribution in [0.5, 0.6) is 0 Å². The Morgan fingerprint density at radius 2 is 2.24 bits per heavy atom. The number of thiophene rings is 1. The maximum absolute atomic E-state index is 12.5. The molecule has 0 saturated carbocycles. The highest BCUT2D eigenvalue weighted by Crippen LogP contribution is 2.25. The lowest BCUT2D eigenvalue weighted by molar-refractivity contribution is -0.112. The van der Waals surface area contributed by atoms with E-state index in [0.717, 1.165) is 4.88 Å². The van der Waals surface area contributed by atoms with Crippen molar-refractivity contribution in [2.24, 2.45) is 4.99 Å². The molecule has 3 aromatic heterocycles. The van der Waals surface area contributed by atoms with E-state index < -0.39 is 5.91 Å². The number of nitrogens with one attached hydrogen (secondary N) is 2. The molecule has 0 aliphatic rings. The van der Waals surface area contributed by atoms with Gasteiger partial charge in [0.15, 0.2) is 17.3 Å². The molecule has 0 aliphatic heterocycles. The van der Waals surface area contributed by atoms with Gasteiger partial charge in [-0.3, -0.25) is 25.2 Å². The number of anilines is 1. The first-order valence-corrected chi connectivity index (χ1v) is 8.05. The molecule has 8 nitrogen and oxygen atoms in total. The van der Waals surface area contributed by atoms with Crippen molar-refractivity contribution in [1.82, 2.24) is 20.2 Å². The summed E-state index contributed by atoms with van der Waals surface area (Å²) in [6.07, 6.45) is 1.64. The average Bonchev–Trinajstić information content (AvgIpc) is 3.32. The summed E-state index contributed by atoms with van der Waals surface area (Å²) in [4.78, 5) is 25.4. The molecule has 0 bridgehead atoms. The number of hydrogen-bond acceptors (Lipinski definition) is 7. The number of hydrogen-bond donors (Lipinski definition) is 2. The van der Waals surface area contributed by atoms with Crippen LogP contribution < -0.4 is 5.32 Å². The third-order valence-corrected chi connectivity index (χ3v) is 4.02. The van der Waals surface area contributed by atoms with Crippen LogP contribution in [0.1, 0.15) is 4.88 Å². The first-order valence-electron chi connectivity index (χ1n) is 7.17. The summed E-state index contributed by atoms with van der Waals surface area (Å²) in [5.41, 5.74) is 0.665. The van der Waals surface area contributed by atoms with Gasteiger partial charge >= 0.3 is 0 Å². The summed E-state index contributed by atoms with van der Waals surface area (Å²) in [5.74, 6) is 0.362. The molecule has 126 valence electrons. The third-order valence-electron chi connectivity index (χ3n) is 3.16. The first-order chi connectivity index (χ1) is 12.2. The molecule has 0 fully saturated rings. The molecule has 0 unspecified atom stereocenters. The van der Waals surface area contributed by atoms with E-state index in [-0.39, 0.29) is 11.6 Å². The number of aromatic amines is 1. The fourth-order valence-electron chi connectivity index (χ4n) is 2.06. The minimum absolute atomic E-state index is 0.0501. The standard InChI is InChI=1S/C16H14N6O2S/c1-17-12(13(24-2)11-7-5-9-25-11)15(23)20-16-19-14(21-22-16)10-6-3-4-8-18-10/h3-9H,1H2,2H3,(H2,19,20,21,22,23)/b13-12-. The van der Waals surface area contributed by atoms with Crippen LogP contribution in [-0.2, 0) is 9.53 Å². The van der Waals surface area contributed by atoms with Crippen LogP contribution in [0.25, 0.3) is 17.3 Å². The number of methoxy groups -OCH3 is 1. The molecule has 3 heterocycles. The lowest BCUT2D eigenvalue weighted by atomic mass is 10.3. The van der Waals surface area contributed by atoms with Gasteiger partial charge in [0.1, 0.15) is 5.69 Å². The fourth-order valence-corrected chi connectivity index (χ4v) is 2.81. The third kappa shape index (κ3) is 3.61. The summed E-state index contributed by atoms with van der Waals surface area (Å²) >= 11 is 1.43. The van der Waals surface area contributed by atoms with Crippen molar-refractivity contribution in [3.63, 3.8) is 0 Å². The Bertz CT molecular complexity index is 902. The molecule has 0 atom stereocenters. The van der Waals surface area contributed by atoms with Gasteiger partial charge in [-0.15, -0.1) is 16.4 Å². The molecule has 0 spiro atoms. The molecule has 25 heavy (non-hydrogen) atoms. The van der Waals surface area contributed by atoms with Gasteiger partial charge < -0.3 is 4.74 Å². The van der Waals surface area contributed by atoms with E-state index in [1.165, 1.54) is 18.4 Å². The second-order valence-electron chi connectivity index (χ2n) is 4.69. The number of aromatic nitrogens is 4. The maximum Gasteiger partial charge on any atom is 0.280 e. The lowest BCUT2D eigenvalue weighted by Gasteiger charge is -2.08. The Morgan fingerprint density at radius 3 is 2.88 bits per heavy atom. The Kier molecular flexibility index (Phi) is 4.95. The van der Waals surface area contributed by atoms with Gasteiger partial charge in [0.2, 0.25) is 5.95 Å². The molecule has 0 radical (unpaired) electrons. The number of pyridine rings is 1. The van der Waals surface area contributed by atoms with Crippen molar-refractivity contribution in [3.05, 3.63) is 52.5 Å². The van der Waals surface area contributed by atoms with Crippen molar-refractivity contribution in [3.8, 4) is 11.5 Å². The lowest BCUT2D eigenvalue weighted by Crippen LogP contribution is -2.16. The van der Waals surface area contributed by atoms with E-state index >= 15 is 0 Å². The van der Waals surface area contributed by atoms with Crippen LogP contribution in [0.3, 0.4) is 0 Å². The van der Waals surface area contributed by atoms with Gasteiger partial charge in [0.05, 0.1) is 12.0 Å². The zero-order valence-corrected chi connectivity index (χ0v) is 14.1. The minimum atomic E-state index is -0.521. The zero-order valence-electron chi connectivity index (χ0n) is 13.3. The highest BCUT2D eigenvalue weighted by atomic mass is 32.1. The SMILES string of the molecule is C=N/C(C(=O)Nc1n[nH]c(-c2ccccn2)n1)=C(\OC)c1cccs1. The number of H-pyrrole nitrogens is 1. The Morgan fingerprint density at radius 1 is 1.36 bits per heavy atom. The van der Waals surface area contributed by atoms with Crippen LogP contribution in [0.2, 0.25) is 0 Å². The summed E-state index contributed by atoms with van der Waals surface area (Å²) in [7, 11) is 1.47. The van der Waals surface area contributed by atoms with E-state index in [4.69, 9.17) is 4.74 Å². The first kappa shape index (κ1) is 16.5. The van der Waals surface area contributed by atoms with Crippen molar-refractivity contribution >= 4 is 35.7 Å².